The lowest BCUT2D eigenvalue weighted by Gasteiger charge is -2.06. The highest BCUT2D eigenvalue weighted by molar-refractivity contribution is 5.69. The van der Waals surface area contributed by atoms with E-state index in [2.05, 4.69) is 20.1 Å². The minimum absolute atomic E-state index is 0.00353. The first-order chi connectivity index (χ1) is 9.94. The Bertz CT molecular complexity index is 633. The third-order valence-electron chi connectivity index (χ3n) is 2.71. The third kappa shape index (κ3) is 4.13. The summed E-state index contributed by atoms with van der Waals surface area (Å²) in [5.41, 5.74) is 12.8. The summed E-state index contributed by atoms with van der Waals surface area (Å²) in [5.74, 6) is -0.160. The summed E-state index contributed by atoms with van der Waals surface area (Å²) in [5, 5.41) is 4.27. The molecule has 2 rings (SSSR count). The predicted octanol–water partition coefficient (Wildman–Crippen LogP) is -0.0172. The molecule has 2 aromatic heterocycles. The van der Waals surface area contributed by atoms with Crippen LogP contribution in [0.15, 0.2) is 6.07 Å². The van der Waals surface area contributed by atoms with Gasteiger partial charge in [0.25, 0.3) is 0 Å². The van der Waals surface area contributed by atoms with E-state index in [0.717, 1.165) is 11.4 Å². The Morgan fingerprint density at radius 3 is 2.48 bits per heavy atom. The van der Waals surface area contributed by atoms with Crippen molar-refractivity contribution in [2.75, 3.05) is 11.5 Å². The molecule has 0 aliphatic heterocycles. The number of hydrogen-bond donors (Lipinski definition) is 2. The maximum Gasteiger partial charge on any atom is 0.308 e. The van der Waals surface area contributed by atoms with Crippen LogP contribution in [0.25, 0.3) is 0 Å². The van der Waals surface area contributed by atoms with Crippen molar-refractivity contribution in [1.82, 2.24) is 24.7 Å². The van der Waals surface area contributed by atoms with Gasteiger partial charge in [0.2, 0.25) is 11.9 Å². The van der Waals surface area contributed by atoms with Gasteiger partial charge in [-0.1, -0.05) is 0 Å². The van der Waals surface area contributed by atoms with E-state index >= 15 is 0 Å². The number of aromatic nitrogens is 5. The zero-order valence-corrected chi connectivity index (χ0v) is 11.9. The summed E-state index contributed by atoms with van der Waals surface area (Å²) in [6.45, 7) is 4.20. The van der Waals surface area contributed by atoms with E-state index in [1.165, 1.54) is 0 Å². The van der Waals surface area contributed by atoms with Gasteiger partial charge in [-0.2, -0.15) is 20.1 Å². The summed E-state index contributed by atoms with van der Waals surface area (Å²) in [6.07, 6.45) is 0.206. The second kappa shape index (κ2) is 6.16. The predicted molar refractivity (Wildman–Crippen MR) is 74.8 cm³/mol. The van der Waals surface area contributed by atoms with Crippen molar-refractivity contribution in [3.05, 3.63) is 23.3 Å². The quantitative estimate of drug-likeness (QED) is 0.734. The number of anilines is 2. The molecule has 2 aromatic rings. The van der Waals surface area contributed by atoms with Gasteiger partial charge in [0.1, 0.15) is 0 Å². The smallest absolute Gasteiger partial charge is 0.308 e. The normalized spacial score (nSPS) is 10.6. The number of aryl methyl sites for hydroxylation is 3. The molecule has 0 amide bonds. The van der Waals surface area contributed by atoms with Crippen LogP contribution in [0, 0.1) is 13.8 Å². The Balaban J connectivity index is 1.83. The van der Waals surface area contributed by atoms with E-state index in [1.807, 2.05) is 19.9 Å². The van der Waals surface area contributed by atoms with Crippen LogP contribution in [0.5, 0.6) is 0 Å². The van der Waals surface area contributed by atoms with Crippen molar-refractivity contribution in [2.45, 2.75) is 33.4 Å². The number of nitrogens with two attached hydrogens (primary N) is 2. The molecule has 0 aliphatic carbocycles. The van der Waals surface area contributed by atoms with Gasteiger partial charge in [-0.25, -0.2) is 0 Å². The summed E-state index contributed by atoms with van der Waals surface area (Å²) < 4.78 is 6.82. The highest BCUT2D eigenvalue weighted by Crippen LogP contribution is 2.05. The molecule has 9 heteroatoms. The van der Waals surface area contributed by atoms with Gasteiger partial charge in [0, 0.05) is 5.69 Å². The largest absolute Gasteiger partial charge is 0.457 e. The lowest BCUT2D eigenvalue weighted by Crippen LogP contribution is -2.13. The highest BCUT2D eigenvalue weighted by atomic mass is 16.5. The van der Waals surface area contributed by atoms with Crippen molar-refractivity contribution in [2.24, 2.45) is 0 Å². The molecule has 4 N–H and O–H groups in total. The van der Waals surface area contributed by atoms with Crippen molar-refractivity contribution in [1.29, 1.82) is 0 Å². The number of carbonyl (C=O) groups excluding carboxylic acids is 1. The van der Waals surface area contributed by atoms with Gasteiger partial charge in [-0.05, 0) is 19.9 Å². The molecule has 0 saturated heterocycles. The maximum atomic E-state index is 11.7. The molecule has 0 fully saturated rings. The summed E-state index contributed by atoms with van der Waals surface area (Å²) in [4.78, 5) is 23.0. The van der Waals surface area contributed by atoms with E-state index in [0.29, 0.717) is 6.54 Å². The molecule has 0 spiro atoms. The van der Waals surface area contributed by atoms with Crippen LogP contribution in [0.3, 0.4) is 0 Å². The third-order valence-corrected chi connectivity index (χ3v) is 2.71. The highest BCUT2D eigenvalue weighted by Gasteiger charge is 2.09. The lowest BCUT2D eigenvalue weighted by molar-refractivity contribution is -0.145. The minimum atomic E-state index is -0.375. The molecule has 112 valence electrons. The fraction of sp³-hybridized carbons (Fsp3) is 0.417. The standard InChI is InChI=1S/C12H17N7O2/c1-7-5-8(2)19(18-7)4-3-10(20)21-6-9-15-11(13)17-12(14)16-9/h5H,3-4,6H2,1-2H3,(H4,13,14,15,16,17). The van der Waals surface area contributed by atoms with E-state index in [9.17, 15) is 4.79 Å². The van der Waals surface area contributed by atoms with Gasteiger partial charge >= 0.3 is 5.97 Å². The first-order valence-corrected chi connectivity index (χ1v) is 6.36. The number of ether oxygens (including phenoxy) is 1. The van der Waals surface area contributed by atoms with Crippen LogP contribution in [0.2, 0.25) is 0 Å². The van der Waals surface area contributed by atoms with E-state index in [-0.39, 0.29) is 36.7 Å². The second-order valence-electron chi connectivity index (χ2n) is 4.53. The monoisotopic (exact) mass is 291 g/mol. The molecule has 2 heterocycles. The summed E-state index contributed by atoms with van der Waals surface area (Å²) in [6, 6.07) is 1.95. The van der Waals surface area contributed by atoms with Gasteiger partial charge in [0.15, 0.2) is 12.4 Å². The number of carbonyl (C=O) groups is 1. The molecule has 0 aromatic carbocycles. The van der Waals surface area contributed by atoms with Crippen LogP contribution in [-0.2, 0) is 22.7 Å². The molecule has 0 unspecified atom stereocenters. The van der Waals surface area contributed by atoms with E-state index in [4.69, 9.17) is 16.2 Å². The molecule has 0 atom stereocenters. The summed E-state index contributed by atoms with van der Waals surface area (Å²) in [7, 11) is 0. The van der Waals surface area contributed by atoms with Gasteiger partial charge in [-0.15, -0.1) is 0 Å². The number of nitrogen functional groups attached to an aromatic ring is 2. The van der Waals surface area contributed by atoms with Gasteiger partial charge < -0.3 is 16.2 Å². The average Bonchev–Trinajstić information content (AvgIpc) is 2.71. The molecule has 0 saturated carbocycles. The van der Waals surface area contributed by atoms with E-state index in [1.54, 1.807) is 4.68 Å². The fourth-order valence-corrected chi connectivity index (χ4v) is 1.84. The number of esters is 1. The SMILES string of the molecule is Cc1cc(C)n(CCC(=O)OCc2nc(N)nc(N)n2)n1. The molecule has 0 radical (unpaired) electrons. The minimum Gasteiger partial charge on any atom is -0.457 e. The Morgan fingerprint density at radius 2 is 1.90 bits per heavy atom. The van der Waals surface area contributed by atoms with Crippen molar-refractivity contribution >= 4 is 17.9 Å². The fourth-order valence-electron chi connectivity index (χ4n) is 1.84. The van der Waals surface area contributed by atoms with Crippen molar-refractivity contribution < 1.29 is 9.53 Å². The molecule has 21 heavy (non-hydrogen) atoms. The molecule has 0 aliphatic rings. The Labute approximate surface area is 121 Å². The van der Waals surface area contributed by atoms with Crippen LogP contribution in [0.4, 0.5) is 11.9 Å². The first-order valence-electron chi connectivity index (χ1n) is 6.36. The molecule has 9 nitrogen and oxygen atoms in total. The van der Waals surface area contributed by atoms with Gasteiger partial charge in [-0.3, -0.25) is 9.48 Å². The zero-order chi connectivity index (χ0) is 15.4. The zero-order valence-electron chi connectivity index (χ0n) is 11.9. The Morgan fingerprint density at radius 1 is 1.24 bits per heavy atom. The number of rotatable bonds is 5. The number of hydrogen-bond acceptors (Lipinski definition) is 8. The second-order valence-corrected chi connectivity index (χ2v) is 4.53. The van der Waals surface area contributed by atoms with Crippen LogP contribution >= 0.6 is 0 Å². The molecule has 0 bridgehead atoms. The molecular formula is C12H17N7O2. The van der Waals surface area contributed by atoms with Crippen LogP contribution < -0.4 is 11.5 Å². The van der Waals surface area contributed by atoms with Crippen molar-refractivity contribution in [3.8, 4) is 0 Å². The first kappa shape index (κ1) is 14.7. The Kier molecular flexibility index (Phi) is 4.31. The summed E-state index contributed by atoms with van der Waals surface area (Å²) >= 11 is 0. The maximum absolute atomic E-state index is 11.7. The topological polar surface area (TPSA) is 135 Å². The van der Waals surface area contributed by atoms with Crippen LogP contribution in [-0.4, -0.2) is 30.7 Å². The van der Waals surface area contributed by atoms with Crippen LogP contribution in [0.1, 0.15) is 23.6 Å². The Hall–Kier alpha value is -2.71. The number of nitrogens with zero attached hydrogens (tertiary/aromatic N) is 5. The van der Waals surface area contributed by atoms with Gasteiger partial charge in [0.05, 0.1) is 18.7 Å². The average molecular weight is 291 g/mol. The lowest BCUT2D eigenvalue weighted by atomic mass is 10.4. The van der Waals surface area contributed by atoms with E-state index < -0.39 is 0 Å². The van der Waals surface area contributed by atoms with Crippen molar-refractivity contribution in [3.63, 3.8) is 0 Å². The molecular weight excluding hydrogens is 274 g/mol.